The zero-order valence-corrected chi connectivity index (χ0v) is 5.50. The van der Waals surface area contributed by atoms with Crippen LogP contribution in [0.3, 0.4) is 0 Å². The minimum Gasteiger partial charge on any atom is -0.412 e. The second-order valence-corrected chi connectivity index (χ2v) is 2.09. The van der Waals surface area contributed by atoms with Crippen LogP contribution in [0.25, 0.3) is 0 Å². The van der Waals surface area contributed by atoms with Crippen LogP contribution < -0.4 is 0 Å². The van der Waals surface area contributed by atoms with Gasteiger partial charge in [0.05, 0.1) is 6.61 Å². The molecule has 3 N–H and O–H groups in total. The summed E-state index contributed by atoms with van der Waals surface area (Å²) < 4.78 is 4.86. The molecule has 0 spiro atoms. The minimum atomic E-state index is -0.561. The third kappa shape index (κ3) is 2.76. The first-order chi connectivity index (χ1) is 3.79. The first-order valence-corrected chi connectivity index (χ1v) is 2.77. The van der Waals surface area contributed by atoms with E-state index in [-0.39, 0.29) is 5.48 Å². The van der Waals surface area contributed by atoms with E-state index >= 15 is 0 Å². The van der Waals surface area contributed by atoms with Crippen molar-refractivity contribution in [1.82, 2.24) is 4.90 Å². The average Bonchev–Trinajstić information content (AvgIpc) is 1.64. The summed E-state index contributed by atoms with van der Waals surface area (Å²) in [6.45, 7) is 2.22. The van der Waals surface area contributed by atoms with Gasteiger partial charge in [-0.1, -0.05) is 0 Å². The Hall–Kier alpha value is -0.160. The zero-order valence-electron chi connectivity index (χ0n) is 5.50. The number of ether oxygens (including phenoxy) is 1. The number of aliphatic hydroxyl groups is 1. The maximum atomic E-state index is 8.82. The fraction of sp³-hybridized carbons (Fsp3) is 1.00. The van der Waals surface area contributed by atoms with Crippen molar-refractivity contribution in [3.63, 3.8) is 0 Å². The quantitative estimate of drug-likeness (QED) is 0.437. The van der Waals surface area contributed by atoms with Crippen LogP contribution in [0.4, 0.5) is 0 Å². The number of hydrogen-bond acceptors (Lipinski definition) is 3. The molecule has 0 radical (unpaired) electrons. The van der Waals surface area contributed by atoms with Crippen LogP contribution in [0.2, 0.25) is 0 Å². The second kappa shape index (κ2) is 3.79. The summed E-state index contributed by atoms with van der Waals surface area (Å²) >= 11 is 0. The molecule has 1 unspecified atom stereocenters. The first kappa shape index (κ1) is 8.84. The molecule has 56 valence electrons. The Kier molecular flexibility index (Phi) is 3.72. The van der Waals surface area contributed by atoms with Gasteiger partial charge in [0, 0.05) is 13.1 Å². The molecular formula is C5H13NO3. The molecular weight excluding hydrogens is 122 g/mol. The van der Waals surface area contributed by atoms with Gasteiger partial charge in [-0.05, 0) is 7.05 Å². The van der Waals surface area contributed by atoms with Gasteiger partial charge in [-0.25, -0.2) is 0 Å². The highest BCUT2D eigenvalue weighted by Crippen LogP contribution is 1.97. The number of morpholine rings is 1. The fourth-order valence-electron chi connectivity index (χ4n) is 0.755. The highest BCUT2D eigenvalue weighted by molar-refractivity contribution is 4.58. The lowest BCUT2D eigenvalue weighted by Crippen LogP contribution is -2.39. The molecule has 1 fully saturated rings. The van der Waals surface area contributed by atoms with Crippen molar-refractivity contribution >= 4 is 0 Å². The molecule has 0 aromatic heterocycles. The van der Waals surface area contributed by atoms with Crippen molar-refractivity contribution in [2.24, 2.45) is 0 Å². The highest BCUT2D eigenvalue weighted by Gasteiger charge is 2.12. The predicted octanol–water partition coefficient (Wildman–Crippen LogP) is -1.56. The molecule has 1 saturated heterocycles. The van der Waals surface area contributed by atoms with E-state index in [1.807, 2.05) is 11.9 Å². The van der Waals surface area contributed by atoms with Gasteiger partial charge in [0.15, 0.2) is 6.29 Å². The van der Waals surface area contributed by atoms with Crippen LogP contribution in [-0.2, 0) is 4.74 Å². The van der Waals surface area contributed by atoms with Crippen molar-refractivity contribution in [2.45, 2.75) is 6.29 Å². The number of nitrogens with zero attached hydrogens (tertiary/aromatic N) is 1. The minimum absolute atomic E-state index is 0. The van der Waals surface area contributed by atoms with Gasteiger partial charge in [-0.2, -0.15) is 0 Å². The third-order valence-corrected chi connectivity index (χ3v) is 1.25. The van der Waals surface area contributed by atoms with Crippen molar-refractivity contribution in [1.29, 1.82) is 0 Å². The lowest BCUT2D eigenvalue weighted by molar-refractivity contribution is -0.141. The molecule has 0 bridgehead atoms. The Labute approximate surface area is 54.3 Å². The second-order valence-electron chi connectivity index (χ2n) is 2.09. The van der Waals surface area contributed by atoms with Crippen molar-refractivity contribution in [3.8, 4) is 0 Å². The van der Waals surface area contributed by atoms with E-state index in [1.165, 1.54) is 0 Å². The molecule has 0 saturated carbocycles. The Morgan fingerprint density at radius 2 is 2.33 bits per heavy atom. The van der Waals surface area contributed by atoms with Gasteiger partial charge in [-0.3, -0.25) is 4.90 Å². The van der Waals surface area contributed by atoms with Crippen LogP contribution in [0, 0.1) is 0 Å². The highest BCUT2D eigenvalue weighted by atomic mass is 16.6. The molecule has 0 aliphatic carbocycles. The molecule has 0 aromatic carbocycles. The molecule has 9 heavy (non-hydrogen) atoms. The molecule has 0 aromatic rings. The van der Waals surface area contributed by atoms with E-state index in [0.717, 1.165) is 6.54 Å². The maximum absolute atomic E-state index is 8.82. The van der Waals surface area contributed by atoms with Crippen molar-refractivity contribution < 1.29 is 15.3 Å². The molecule has 1 aliphatic rings. The largest absolute Gasteiger partial charge is 0.412 e. The Morgan fingerprint density at radius 3 is 2.67 bits per heavy atom. The fourth-order valence-corrected chi connectivity index (χ4v) is 0.755. The summed E-state index contributed by atoms with van der Waals surface area (Å²) in [5, 5.41) is 8.82. The van der Waals surface area contributed by atoms with E-state index < -0.39 is 6.29 Å². The smallest absolute Gasteiger partial charge is 0.167 e. The van der Waals surface area contributed by atoms with E-state index in [9.17, 15) is 0 Å². The average molecular weight is 135 g/mol. The number of aliphatic hydroxyl groups excluding tert-OH is 1. The standard InChI is InChI=1S/C5H11NO2.H2O/c1-6-2-3-8-5(7)4-6;/h5,7H,2-4H2,1H3;1H2. The van der Waals surface area contributed by atoms with Gasteiger partial charge in [0.25, 0.3) is 0 Å². The molecule has 4 nitrogen and oxygen atoms in total. The van der Waals surface area contributed by atoms with Gasteiger partial charge in [0.2, 0.25) is 0 Å². The van der Waals surface area contributed by atoms with Crippen molar-refractivity contribution in [2.75, 3.05) is 26.7 Å². The Balaban J connectivity index is 0.000000640. The summed E-state index contributed by atoms with van der Waals surface area (Å²) in [6.07, 6.45) is -0.561. The van der Waals surface area contributed by atoms with E-state index in [4.69, 9.17) is 9.84 Å². The van der Waals surface area contributed by atoms with Crippen LogP contribution >= 0.6 is 0 Å². The van der Waals surface area contributed by atoms with Gasteiger partial charge < -0.3 is 15.3 Å². The van der Waals surface area contributed by atoms with Crippen molar-refractivity contribution in [3.05, 3.63) is 0 Å². The lowest BCUT2D eigenvalue weighted by atomic mass is 10.4. The summed E-state index contributed by atoms with van der Waals surface area (Å²) in [6, 6.07) is 0. The van der Waals surface area contributed by atoms with E-state index in [2.05, 4.69) is 0 Å². The third-order valence-electron chi connectivity index (χ3n) is 1.25. The molecule has 1 aliphatic heterocycles. The molecule has 1 heterocycles. The van der Waals surface area contributed by atoms with Crippen LogP contribution in [0.15, 0.2) is 0 Å². The summed E-state index contributed by atoms with van der Waals surface area (Å²) in [7, 11) is 1.96. The number of likely N-dealkylation sites (N-methyl/N-ethyl adjacent to an activating group) is 1. The van der Waals surface area contributed by atoms with Crippen LogP contribution in [-0.4, -0.2) is 48.5 Å². The van der Waals surface area contributed by atoms with E-state index in [0.29, 0.717) is 13.2 Å². The van der Waals surface area contributed by atoms with Gasteiger partial charge in [0.1, 0.15) is 0 Å². The maximum Gasteiger partial charge on any atom is 0.167 e. The van der Waals surface area contributed by atoms with Crippen LogP contribution in [0.1, 0.15) is 0 Å². The number of β-amino-alcohol motifs (C(OH)–C–C–N with tert-alkyl or cyclic N) is 1. The molecule has 1 atom stereocenters. The number of hydrogen-bond donors (Lipinski definition) is 1. The normalized spacial score (nSPS) is 29.3. The molecule has 4 heteroatoms. The SMILES string of the molecule is CN1CCOC(O)C1.O. The molecule has 0 amide bonds. The van der Waals surface area contributed by atoms with E-state index in [1.54, 1.807) is 0 Å². The number of rotatable bonds is 0. The first-order valence-electron chi connectivity index (χ1n) is 2.77. The summed E-state index contributed by atoms with van der Waals surface area (Å²) in [4.78, 5) is 2.04. The van der Waals surface area contributed by atoms with Gasteiger partial charge in [-0.15, -0.1) is 0 Å². The Morgan fingerprint density at radius 1 is 1.67 bits per heavy atom. The predicted molar refractivity (Wildman–Crippen MR) is 33.1 cm³/mol. The van der Waals surface area contributed by atoms with Crippen LogP contribution in [0.5, 0.6) is 0 Å². The topological polar surface area (TPSA) is 64.2 Å². The Bertz CT molecular complexity index is 70.6. The van der Waals surface area contributed by atoms with Gasteiger partial charge >= 0.3 is 0 Å². The summed E-state index contributed by atoms with van der Waals surface area (Å²) in [5.74, 6) is 0. The summed E-state index contributed by atoms with van der Waals surface area (Å²) in [5.41, 5.74) is 0. The zero-order chi connectivity index (χ0) is 5.98. The monoisotopic (exact) mass is 135 g/mol. The molecule has 1 rings (SSSR count). The lowest BCUT2D eigenvalue weighted by Gasteiger charge is -2.26.